The van der Waals surface area contributed by atoms with Gasteiger partial charge >= 0.3 is 0 Å². The number of nitrogens with one attached hydrogen (secondary N) is 1. The van der Waals surface area contributed by atoms with E-state index in [1.807, 2.05) is 0 Å². The van der Waals surface area contributed by atoms with Crippen LogP contribution in [0.15, 0.2) is 36.5 Å². The van der Waals surface area contributed by atoms with Crippen LogP contribution in [-0.2, 0) is 11.3 Å². The smallest absolute Gasteiger partial charge is 0.246 e. The number of benzene rings is 1. The van der Waals surface area contributed by atoms with E-state index < -0.39 is 0 Å². The van der Waals surface area contributed by atoms with Crippen LogP contribution in [-0.4, -0.2) is 20.8 Å². The summed E-state index contributed by atoms with van der Waals surface area (Å²) in [5, 5.41) is 15.8. The second kappa shape index (κ2) is 4.56. The molecule has 0 bridgehead atoms. The number of phenols is 1. The molecule has 0 aliphatic heterocycles. The van der Waals surface area contributed by atoms with Gasteiger partial charge < -0.3 is 16.2 Å². The van der Waals surface area contributed by atoms with Gasteiger partial charge in [0, 0.05) is 18.0 Å². The molecule has 2 rings (SSSR count). The molecule has 88 valence electrons. The molecule has 0 aliphatic rings. The van der Waals surface area contributed by atoms with E-state index in [0.717, 1.165) is 0 Å². The Hall–Kier alpha value is -2.50. The second-order valence-corrected chi connectivity index (χ2v) is 3.54. The van der Waals surface area contributed by atoms with Crippen LogP contribution >= 0.6 is 0 Å². The van der Waals surface area contributed by atoms with E-state index in [0.29, 0.717) is 11.5 Å². The molecular weight excluding hydrogens is 220 g/mol. The number of nitrogen functional groups attached to an aromatic ring is 1. The standard InChI is InChI=1S/C11H12N4O2/c12-10-4-5-15(14-10)7-11(17)13-8-2-1-3-9(16)6-8/h1-6,16H,7H2,(H2,12,14)(H,13,17). The molecule has 1 amide bonds. The van der Waals surface area contributed by atoms with Crippen LogP contribution in [0.5, 0.6) is 5.75 Å². The third-order valence-corrected chi connectivity index (χ3v) is 2.10. The van der Waals surface area contributed by atoms with E-state index in [1.165, 1.54) is 16.8 Å². The summed E-state index contributed by atoms with van der Waals surface area (Å²) in [6.07, 6.45) is 1.62. The quantitative estimate of drug-likeness (QED) is 0.730. The molecule has 1 heterocycles. The lowest BCUT2D eigenvalue weighted by Crippen LogP contribution is -2.19. The van der Waals surface area contributed by atoms with Crippen LogP contribution in [0.1, 0.15) is 0 Å². The first-order valence-electron chi connectivity index (χ1n) is 5.01. The number of nitrogens with zero attached hydrogens (tertiary/aromatic N) is 2. The first-order chi connectivity index (χ1) is 8.13. The Morgan fingerprint density at radius 3 is 2.94 bits per heavy atom. The summed E-state index contributed by atoms with van der Waals surface area (Å²) >= 11 is 0. The zero-order valence-electron chi connectivity index (χ0n) is 9.00. The number of hydrogen-bond donors (Lipinski definition) is 3. The maximum atomic E-state index is 11.6. The van der Waals surface area contributed by atoms with Crippen molar-refractivity contribution < 1.29 is 9.90 Å². The van der Waals surface area contributed by atoms with Gasteiger partial charge in [-0.15, -0.1) is 0 Å². The summed E-state index contributed by atoms with van der Waals surface area (Å²) in [5.74, 6) is 0.236. The lowest BCUT2D eigenvalue weighted by Gasteiger charge is -2.05. The summed E-state index contributed by atoms with van der Waals surface area (Å²) in [6, 6.07) is 7.95. The van der Waals surface area contributed by atoms with Crippen LogP contribution in [0.3, 0.4) is 0 Å². The van der Waals surface area contributed by atoms with E-state index in [2.05, 4.69) is 10.4 Å². The highest BCUT2D eigenvalue weighted by molar-refractivity contribution is 5.90. The summed E-state index contributed by atoms with van der Waals surface area (Å²) in [4.78, 5) is 11.6. The molecule has 0 saturated carbocycles. The molecule has 2 aromatic rings. The molecule has 6 heteroatoms. The van der Waals surface area contributed by atoms with Gasteiger partial charge in [0.1, 0.15) is 18.1 Å². The summed E-state index contributed by atoms with van der Waals surface area (Å²) in [5.41, 5.74) is 5.97. The number of hydrogen-bond acceptors (Lipinski definition) is 4. The number of aromatic nitrogens is 2. The summed E-state index contributed by atoms with van der Waals surface area (Å²) < 4.78 is 1.44. The van der Waals surface area contributed by atoms with Crippen LogP contribution < -0.4 is 11.1 Å². The van der Waals surface area contributed by atoms with Gasteiger partial charge in [-0.05, 0) is 18.2 Å². The topological polar surface area (TPSA) is 93.2 Å². The summed E-state index contributed by atoms with van der Waals surface area (Å²) in [7, 11) is 0. The Morgan fingerprint density at radius 2 is 2.29 bits per heavy atom. The molecule has 1 aromatic heterocycles. The number of phenolic OH excluding ortho intramolecular Hbond substituents is 1. The molecule has 1 aromatic carbocycles. The molecule has 0 aliphatic carbocycles. The van der Waals surface area contributed by atoms with Gasteiger partial charge in [-0.2, -0.15) is 5.10 Å². The van der Waals surface area contributed by atoms with Crippen molar-refractivity contribution in [3.05, 3.63) is 36.5 Å². The molecule has 17 heavy (non-hydrogen) atoms. The van der Waals surface area contributed by atoms with Crippen molar-refractivity contribution >= 4 is 17.4 Å². The maximum absolute atomic E-state index is 11.6. The van der Waals surface area contributed by atoms with Crippen molar-refractivity contribution in [2.75, 3.05) is 11.1 Å². The van der Waals surface area contributed by atoms with Crippen LogP contribution in [0.25, 0.3) is 0 Å². The monoisotopic (exact) mass is 232 g/mol. The zero-order chi connectivity index (χ0) is 12.3. The molecular formula is C11H12N4O2. The molecule has 0 saturated heterocycles. The Balaban J connectivity index is 1.98. The van der Waals surface area contributed by atoms with Crippen molar-refractivity contribution in [2.45, 2.75) is 6.54 Å². The maximum Gasteiger partial charge on any atom is 0.246 e. The Bertz CT molecular complexity index is 536. The zero-order valence-corrected chi connectivity index (χ0v) is 9.00. The molecule has 6 nitrogen and oxygen atoms in total. The number of nitrogens with two attached hydrogens (primary N) is 1. The van der Waals surface area contributed by atoms with E-state index >= 15 is 0 Å². The highest BCUT2D eigenvalue weighted by atomic mass is 16.3. The third-order valence-electron chi connectivity index (χ3n) is 2.10. The fourth-order valence-corrected chi connectivity index (χ4v) is 1.40. The Morgan fingerprint density at radius 1 is 1.47 bits per heavy atom. The van der Waals surface area contributed by atoms with Crippen molar-refractivity contribution in [1.29, 1.82) is 0 Å². The third kappa shape index (κ3) is 2.97. The van der Waals surface area contributed by atoms with Crippen molar-refractivity contribution in [1.82, 2.24) is 9.78 Å². The Labute approximate surface area is 97.7 Å². The molecule has 0 spiro atoms. The largest absolute Gasteiger partial charge is 0.508 e. The normalized spacial score (nSPS) is 10.1. The van der Waals surface area contributed by atoms with Gasteiger partial charge in [-0.3, -0.25) is 9.48 Å². The SMILES string of the molecule is Nc1ccn(CC(=O)Nc2cccc(O)c2)n1. The van der Waals surface area contributed by atoms with Gasteiger partial charge in [-0.25, -0.2) is 0 Å². The molecule has 0 atom stereocenters. The average molecular weight is 232 g/mol. The number of anilines is 2. The van der Waals surface area contributed by atoms with Gasteiger partial charge in [0.25, 0.3) is 0 Å². The van der Waals surface area contributed by atoms with Gasteiger partial charge in [-0.1, -0.05) is 6.07 Å². The lowest BCUT2D eigenvalue weighted by molar-refractivity contribution is -0.116. The minimum absolute atomic E-state index is 0.0762. The van der Waals surface area contributed by atoms with Crippen molar-refractivity contribution in [2.24, 2.45) is 0 Å². The van der Waals surface area contributed by atoms with Gasteiger partial charge in [0.2, 0.25) is 5.91 Å². The molecule has 4 N–H and O–H groups in total. The predicted octanol–water partition coefficient (Wildman–Crippen LogP) is 0.810. The van der Waals surface area contributed by atoms with Gasteiger partial charge in [0.05, 0.1) is 0 Å². The molecule has 0 radical (unpaired) electrons. The fourth-order valence-electron chi connectivity index (χ4n) is 1.40. The number of amides is 1. The van der Waals surface area contributed by atoms with Crippen LogP contribution in [0.2, 0.25) is 0 Å². The summed E-state index contributed by atoms with van der Waals surface area (Å²) in [6.45, 7) is 0.0762. The average Bonchev–Trinajstić information content (AvgIpc) is 2.63. The number of carbonyl (C=O) groups excluding carboxylic acids is 1. The van der Waals surface area contributed by atoms with E-state index in [1.54, 1.807) is 24.4 Å². The predicted molar refractivity (Wildman–Crippen MR) is 63.4 cm³/mol. The fraction of sp³-hybridized carbons (Fsp3) is 0.0909. The first-order valence-corrected chi connectivity index (χ1v) is 5.01. The van der Waals surface area contributed by atoms with Crippen molar-refractivity contribution in [3.8, 4) is 5.75 Å². The molecule has 0 unspecified atom stereocenters. The van der Waals surface area contributed by atoms with E-state index in [4.69, 9.17) is 5.73 Å². The number of carbonyl (C=O) groups is 1. The first kappa shape index (κ1) is 11.0. The lowest BCUT2D eigenvalue weighted by atomic mass is 10.3. The highest BCUT2D eigenvalue weighted by Gasteiger charge is 2.04. The second-order valence-electron chi connectivity index (χ2n) is 3.54. The number of aromatic hydroxyl groups is 1. The van der Waals surface area contributed by atoms with Crippen molar-refractivity contribution in [3.63, 3.8) is 0 Å². The minimum Gasteiger partial charge on any atom is -0.508 e. The van der Waals surface area contributed by atoms with Crippen LogP contribution in [0, 0.1) is 0 Å². The van der Waals surface area contributed by atoms with Crippen LogP contribution in [0.4, 0.5) is 11.5 Å². The molecule has 0 fully saturated rings. The highest BCUT2D eigenvalue weighted by Crippen LogP contribution is 2.15. The van der Waals surface area contributed by atoms with Gasteiger partial charge in [0.15, 0.2) is 0 Å². The minimum atomic E-state index is -0.237. The Kier molecular flexibility index (Phi) is 2.95. The van der Waals surface area contributed by atoms with E-state index in [-0.39, 0.29) is 18.2 Å². The number of rotatable bonds is 3. The van der Waals surface area contributed by atoms with E-state index in [9.17, 15) is 9.90 Å².